The first-order chi connectivity index (χ1) is 15.3. The summed E-state index contributed by atoms with van der Waals surface area (Å²) in [6, 6.07) is 10.1. The van der Waals surface area contributed by atoms with Gasteiger partial charge in [-0.05, 0) is 66.4 Å². The van der Waals surface area contributed by atoms with Crippen LogP contribution in [0.25, 0.3) is 10.9 Å². The number of pyridine rings is 1. The molecule has 7 heteroatoms. The van der Waals surface area contributed by atoms with Gasteiger partial charge in [0.15, 0.2) is 0 Å². The number of amides is 2. The van der Waals surface area contributed by atoms with Crippen molar-refractivity contribution in [1.29, 1.82) is 5.26 Å². The van der Waals surface area contributed by atoms with Crippen molar-refractivity contribution in [3.8, 4) is 6.07 Å². The molecule has 2 fully saturated rings. The number of aromatic nitrogens is 1. The van der Waals surface area contributed by atoms with E-state index in [1.807, 2.05) is 24.3 Å². The van der Waals surface area contributed by atoms with E-state index in [4.69, 9.17) is 0 Å². The summed E-state index contributed by atoms with van der Waals surface area (Å²) in [4.78, 5) is 19.5. The molecule has 2 aromatic rings. The van der Waals surface area contributed by atoms with Crippen LogP contribution in [0.2, 0.25) is 0 Å². The minimum Gasteiger partial charge on any atom is -0.369 e. The number of rotatable bonds is 5. The van der Waals surface area contributed by atoms with Crippen molar-refractivity contribution in [2.24, 2.45) is 17.8 Å². The lowest BCUT2D eigenvalue weighted by molar-refractivity contribution is 0.209. The number of urea groups is 1. The van der Waals surface area contributed by atoms with Crippen molar-refractivity contribution in [2.45, 2.75) is 51.2 Å². The fourth-order valence-electron chi connectivity index (χ4n) is 5.32. The molecule has 170 valence electrons. The van der Waals surface area contributed by atoms with E-state index in [2.05, 4.69) is 56.6 Å². The molecular formula is C25H34N5OP. The van der Waals surface area contributed by atoms with E-state index in [0.717, 1.165) is 55.5 Å². The number of anilines is 1. The van der Waals surface area contributed by atoms with Crippen molar-refractivity contribution in [1.82, 2.24) is 15.6 Å². The Kier molecular flexibility index (Phi) is 6.58. The molecular weight excluding hydrogens is 417 g/mol. The second-order valence-electron chi connectivity index (χ2n) is 10.3. The van der Waals surface area contributed by atoms with E-state index in [0.29, 0.717) is 28.5 Å². The molecule has 1 aliphatic heterocycles. The van der Waals surface area contributed by atoms with Crippen LogP contribution in [0.15, 0.2) is 30.5 Å². The first-order valence-electron chi connectivity index (χ1n) is 11.6. The molecule has 1 saturated heterocycles. The molecule has 0 bridgehead atoms. The summed E-state index contributed by atoms with van der Waals surface area (Å²) in [6.45, 7) is 9.17. The molecule has 0 radical (unpaired) electrons. The summed E-state index contributed by atoms with van der Waals surface area (Å²) in [5.74, 6) is 1.57. The highest BCUT2D eigenvalue weighted by Gasteiger charge is 2.36. The van der Waals surface area contributed by atoms with Gasteiger partial charge in [-0.2, -0.15) is 5.26 Å². The third-order valence-electron chi connectivity index (χ3n) is 7.03. The van der Waals surface area contributed by atoms with Crippen LogP contribution in [-0.4, -0.2) is 41.8 Å². The third kappa shape index (κ3) is 4.99. The van der Waals surface area contributed by atoms with Gasteiger partial charge < -0.3 is 15.5 Å². The van der Waals surface area contributed by atoms with Crippen molar-refractivity contribution in [2.75, 3.05) is 24.5 Å². The molecule has 1 aromatic carbocycles. The molecule has 0 spiro atoms. The lowest BCUT2D eigenvalue weighted by Crippen LogP contribution is -2.54. The second-order valence-corrected chi connectivity index (χ2v) is 11.7. The summed E-state index contributed by atoms with van der Waals surface area (Å²) in [6.07, 6.45) is 4.99. The number of benzene rings is 1. The number of nitriles is 1. The van der Waals surface area contributed by atoms with Crippen LogP contribution in [0.5, 0.6) is 0 Å². The number of carbonyl (C=O) groups excluding carboxylic acids is 1. The molecule has 2 N–H and O–H groups in total. The Hall–Kier alpha value is -2.38. The zero-order valence-electron chi connectivity index (χ0n) is 19.3. The van der Waals surface area contributed by atoms with Gasteiger partial charge in [0, 0.05) is 42.9 Å². The Morgan fingerprint density at radius 1 is 1.34 bits per heavy atom. The van der Waals surface area contributed by atoms with E-state index in [1.165, 1.54) is 0 Å². The molecule has 3 unspecified atom stereocenters. The van der Waals surface area contributed by atoms with E-state index in [9.17, 15) is 10.1 Å². The van der Waals surface area contributed by atoms with Crippen LogP contribution in [0.1, 0.15) is 45.6 Å². The maximum atomic E-state index is 12.6. The Balaban J connectivity index is 1.47. The Labute approximate surface area is 193 Å². The highest BCUT2D eigenvalue weighted by Crippen LogP contribution is 2.44. The van der Waals surface area contributed by atoms with Gasteiger partial charge in [-0.15, -0.1) is 9.24 Å². The Morgan fingerprint density at radius 2 is 2.12 bits per heavy atom. The summed E-state index contributed by atoms with van der Waals surface area (Å²) in [5, 5.41) is 17.1. The molecule has 2 amide bonds. The molecule has 1 saturated carbocycles. The predicted molar refractivity (Wildman–Crippen MR) is 133 cm³/mol. The molecule has 2 heterocycles. The highest BCUT2D eigenvalue weighted by molar-refractivity contribution is 7.19. The van der Waals surface area contributed by atoms with Crippen molar-refractivity contribution >= 4 is 31.9 Å². The van der Waals surface area contributed by atoms with E-state index in [1.54, 1.807) is 6.20 Å². The first-order valence-corrected chi connectivity index (χ1v) is 12.2. The lowest BCUT2D eigenvalue weighted by atomic mass is 9.75. The zero-order chi connectivity index (χ0) is 22.9. The van der Waals surface area contributed by atoms with E-state index < -0.39 is 0 Å². The fraction of sp³-hybridized carbons (Fsp3) is 0.560. The van der Waals surface area contributed by atoms with Gasteiger partial charge in [0.1, 0.15) is 6.07 Å². The van der Waals surface area contributed by atoms with Gasteiger partial charge in [0.2, 0.25) is 0 Å². The Bertz CT molecular complexity index is 1020. The van der Waals surface area contributed by atoms with Crippen LogP contribution in [-0.2, 0) is 0 Å². The van der Waals surface area contributed by atoms with Gasteiger partial charge >= 0.3 is 6.03 Å². The highest BCUT2D eigenvalue weighted by atomic mass is 31.0. The van der Waals surface area contributed by atoms with E-state index >= 15 is 0 Å². The smallest absolute Gasteiger partial charge is 0.315 e. The molecule has 2 aliphatic rings. The molecule has 1 aromatic heterocycles. The maximum Gasteiger partial charge on any atom is 0.315 e. The minimum atomic E-state index is -0.0666. The number of hydrogen-bond donors (Lipinski definition) is 2. The SMILES string of the molecule is CC(C)C1CC(NC(=O)NCC2CC(C)(P)C2)CN(c2ccc(C#N)c3ncccc23)C1. The standard InChI is InChI=1S/C25H34N5OP/c1-16(2)19-9-20(29-24(31)28-13-17-10-25(3,32)11-17)15-30(14-19)22-7-6-18(12-26)23-21(22)5-4-8-27-23/h4-8,16-17,19-20H,9-11,13-15,32H2,1-3H3,(H2,28,29,31). The lowest BCUT2D eigenvalue weighted by Gasteiger charge is -2.43. The number of nitrogens with zero attached hydrogens (tertiary/aromatic N) is 3. The van der Waals surface area contributed by atoms with Crippen LogP contribution in [0, 0.1) is 29.1 Å². The summed E-state index contributed by atoms with van der Waals surface area (Å²) in [5.41, 5.74) is 2.41. The molecule has 6 nitrogen and oxygen atoms in total. The number of piperidine rings is 1. The average molecular weight is 452 g/mol. The maximum absolute atomic E-state index is 12.6. The summed E-state index contributed by atoms with van der Waals surface area (Å²) in [7, 11) is 2.92. The first kappa shape index (κ1) is 22.8. The van der Waals surface area contributed by atoms with Gasteiger partial charge in [-0.25, -0.2) is 4.79 Å². The van der Waals surface area contributed by atoms with Gasteiger partial charge in [0.25, 0.3) is 0 Å². The van der Waals surface area contributed by atoms with Crippen LogP contribution in [0.3, 0.4) is 0 Å². The quantitative estimate of drug-likeness (QED) is 0.664. The fourth-order valence-corrected chi connectivity index (χ4v) is 5.99. The number of hydrogen-bond acceptors (Lipinski definition) is 4. The molecule has 32 heavy (non-hydrogen) atoms. The molecule has 4 rings (SSSR count). The number of carbonyl (C=O) groups is 1. The van der Waals surface area contributed by atoms with Crippen LogP contribution >= 0.6 is 9.24 Å². The van der Waals surface area contributed by atoms with Gasteiger partial charge in [-0.1, -0.05) is 20.8 Å². The van der Waals surface area contributed by atoms with Crippen molar-refractivity contribution < 1.29 is 4.79 Å². The van der Waals surface area contributed by atoms with Crippen LogP contribution in [0.4, 0.5) is 10.5 Å². The van der Waals surface area contributed by atoms with Gasteiger partial charge in [-0.3, -0.25) is 4.98 Å². The van der Waals surface area contributed by atoms with E-state index in [-0.39, 0.29) is 12.1 Å². The average Bonchev–Trinajstić information content (AvgIpc) is 2.75. The third-order valence-corrected chi connectivity index (χ3v) is 7.50. The number of fused-ring (bicyclic) bond motifs is 1. The zero-order valence-corrected chi connectivity index (χ0v) is 20.4. The normalized spacial score (nSPS) is 27.6. The van der Waals surface area contributed by atoms with Gasteiger partial charge in [0.05, 0.1) is 11.1 Å². The Morgan fingerprint density at radius 3 is 2.81 bits per heavy atom. The summed E-state index contributed by atoms with van der Waals surface area (Å²) < 4.78 is 0. The molecule has 3 atom stereocenters. The topological polar surface area (TPSA) is 81.0 Å². The second kappa shape index (κ2) is 9.24. The minimum absolute atomic E-state index is 0.0666. The van der Waals surface area contributed by atoms with Crippen molar-refractivity contribution in [3.05, 3.63) is 36.0 Å². The largest absolute Gasteiger partial charge is 0.369 e. The summed E-state index contributed by atoms with van der Waals surface area (Å²) >= 11 is 0. The van der Waals surface area contributed by atoms with Crippen molar-refractivity contribution in [3.63, 3.8) is 0 Å². The predicted octanol–water partition coefficient (Wildman–Crippen LogP) is 4.30. The number of nitrogens with one attached hydrogen (secondary N) is 2. The van der Waals surface area contributed by atoms with Crippen LogP contribution < -0.4 is 15.5 Å². The molecule has 1 aliphatic carbocycles. The monoisotopic (exact) mass is 451 g/mol.